The summed E-state index contributed by atoms with van der Waals surface area (Å²) in [7, 11) is 2.89. The van der Waals surface area contributed by atoms with Crippen molar-refractivity contribution in [1.82, 2.24) is 0 Å². The van der Waals surface area contributed by atoms with E-state index in [1.807, 2.05) is 12.2 Å². The number of hydrogen-bond donors (Lipinski definition) is 0. The van der Waals surface area contributed by atoms with Crippen LogP contribution in [0.5, 0.6) is 5.75 Å². The third-order valence-electron chi connectivity index (χ3n) is 6.15. The summed E-state index contributed by atoms with van der Waals surface area (Å²) in [4.78, 5) is 37.4. The zero-order valence-electron chi connectivity index (χ0n) is 15.3. The summed E-state index contributed by atoms with van der Waals surface area (Å²) in [6.07, 6.45) is 5.12. The average Bonchev–Trinajstić information content (AvgIpc) is 3.53. The fraction of sp³-hybridized carbons (Fsp3) is 0.476. The van der Waals surface area contributed by atoms with Crippen molar-refractivity contribution >= 4 is 17.7 Å². The van der Waals surface area contributed by atoms with Crippen LogP contribution in [0.25, 0.3) is 0 Å². The first-order valence-corrected chi connectivity index (χ1v) is 9.15. The number of rotatable bonds is 6. The highest BCUT2D eigenvalue weighted by molar-refractivity contribution is 5.98. The smallest absolute Gasteiger partial charge is 0.310 e. The topological polar surface area (TPSA) is 78.9 Å². The summed E-state index contributed by atoms with van der Waals surface area (Å²) in [5.41, 5.74) is 0.445. The normalized spacial score (nSPS) is 32.4. The quantitative estimate of drug-likeness (QED) is 0.434. The maximum absolute atomic E-state index is 12.8. The summed E-state index contributed by atoms with van der Waals surface area (Å²) in [5, 5.41) is 0. The van der Waals surface area contributed by atoms with E-state index < -0.39 is 17.8 Å². The second kappa shape index (κ2) is 6.83. The monoisotopic (exact) mass is 370 g/mol. The van der Waals surface area contributed by atoms with Crippen molar-refractivity contribution in [3.8, 4) is 5.75 Å². The van der Waals surface area contributed by atoms with Gasteiger partial charge in [0.25, 0.3) is 0 Å². The van der Waals surface area contributed by atoms with Crippen LogP contribution in [0.15, 0.2) is 36.4 Å². The minimum atomic E-state index is -0.570. The van der Waals surface area contributed by atoms with Gasteiger partial charge in [-0.15, -0.1) is 0 Å². The molecule has 142 valence electrons. The van der Waals surface area contributed by atoms with Crippen molar-refractivity contribution in [2.45, 2.75) is 6.42 Å². The van der Waals surface area contributed by atoms with E-state index in [0.717, 1.165) is 6.42 Å². The zero-order chi connectivity index (χ0) is 19.1. The molecular formula is C21H22O6. The highest BCUT2D eigenvalue weighted by atomic mass is 16.5. The number of carbonyl (C=O) groups is 3. The van der Waals surface area contributed by atoms with Gasteiger partial charge in [-0.25, -0.2) is 0 Å². The Morgan fingerprint density at radius 2 is 1.52 bits per heavy atom. The van der Waals surface area contributed by atoms with Gasteiger partial charge in [0.2, 0.25) is 0 Å². The number of benzene rings is 1. The number of fused-ring (bicyclic) bond motifs is 1. The Morgan fingerprint density at radius 3 is 2.07 bits per heavy atom. The van der Waals surface area contributed by atoms with Crippen molar-refractivity contribution in [1.29, 1.82) is 0 Å². The number of ether oxygens (including phenoxy) is 3. The lowest BCUT2D eigenvalue weighted by Gasteiger charge is -2.41. The number of ketones is 1. The van der Waals surface area contributed by atoms with Gasteiger partial charge < -0.3 is 14.2 Å². The molecular weight excluding hydrogens is 348 g/mol. The molecule has 0 aliphatic heterocycles. The largest absolute Gasteiger partial charge is 0.497 e. The molecule has 0 radical (unpaired) electrons. The van der Waals surface area contributed by atoms with Gasteiger partial charge in [-0.1, -0.05) is 12.2 Å². The van der Waals surface area contributed by atoms with Crippen molar-refractivity contribution < 1.29 is 28.6 Å². The molecule has 6 nitrogen and oxygen atoms in total. The van der Waals surface area contributed by atoms with Gasteiger partial charge in [-0.3, -0.25) is 14.4 Å². The number of Topliss-reactive ketones (excluding diaryl/α,β-unsaturated/α-hetero) is 1. The number of allylic oxidation sites excluding steroid dienone is 2. The first-order valence-electron chi connectivity index (χ1n) is 9.15. The van der Waals surface area contributed by atoms with Gasteiger partial charge in [0.1, 0.15) is 5.75 Å². The molecule has 5 rings (SSSR count). The van der Waals surface area contributed by atoms with Crippen LogP contribution in [-0.4, -0.2) is 38.5 Å². The first kappa shape index (κ1) is 17.8. The van der Waals surface area contributed by atoms with Crippen LogP contribution in [0, 0.1) is 35.5 Å². The Balaban J connectivity index is 1.44. The van der Waals surface area contributed by atoms with Gasteiger partial charge in [-0.05, 0) is 54.4 Å². The van der Waals surface area contributed by atoms with E-state index in [4.69, 9.17) is 14.2 Å². The van der Waals surface area contributed by atoms with Crippen LogP contribution >= 0.6 is 0 Å². The van der Waals surface area contributed by atoms with Crippen LogP contribution in [0.1, 0.15) is 16.8 Å². The molecule has 1 aromatic carbocycles. The van der Waals surface area contributed by atoms with Crippen molar-refractivity contribution in [3.63, 3.8) is 0 Å². The number of hydrogen-bond acceptors (Lipinski definition) is 6. The molecule has 0 aromatic heterocycles. The van der Waals surface area contributed by atoms with E-state index in [-0.39, 0.29) is 30.2 Å². The van der Waals surface area contributed by atoms with Crippen molar-refractivity contribution in [3.05, 3.63) is 42.0 Å². The van der Waals surface area contributed by atoms with Crippen LogP contribution < -0.4 is 4.74 Å². The summed E-state index contributed by atoms with van der Waals surface area (Å²) in [6.45, 7) is -0.343. The Hall–Kier alpha value is -2.63. The molecule has 1 aromatic rings. The minimum absolute atomic E-state index is 0.00677. The van der Waals surface area contributed by atoms with Gasteiger partial charge in [0.05, 0.1) is 26.1 Å². The van der Waals surface area contributed by atoms with E-state index in [1.54, 1.807) is 31.4 Å². The summed E-state index contributed by atoms with van der Waals surface area (Å²) in [5.74, 6) is -0.660. The molecule has 0 spiro atoms. The van der Waals surface area contributed by atoms with E-state index in [2.05, 4.69) is 0 Å². The third kappa shape index (κ3) is 3.03. The minimum Gasteiger partial charge on any atom is -0.497 e. The highest BCUT2D eigenvalue weighted by Crippen LogP contribution is 2.63. The molecule has 0 amide bonds. The molecule has 4 aliphatic rings. The van der Waals surface area contributed by atoms with E-state index in [9.17, 15) is 14.4 Å². The van der Waals surface area contributed by atoms with Crippen LogP contribution in [0.4, 0.5) is 0 Å². The second-order valence-electron chi connectivity index (χ2n) is 7.44. The SMILES string of the molecule is COC(=O)[C@H]1[C@H]2C=C[C@@H]([C@@H]3C[C@H]23)[C@@H]1C(=O)OCC(=O)c1ccc(OC)cc1. The Bertz CT molecular complexity index is 795. The van der Waals surface area contributed by atoms with E-state index in [0.29, 0.717) is 23.1 Å². The lowest BCUT2D eigenvalue weighted by molar-refractivity contribution is -0.165. The molecule has 6 atom stereocenters. The Kier molecular flexibility index (Phi) is 4.50. The Morgan fingerprint density at radius 1 is 0.926 bits per heavy atom. The zero-order valence-corrected chi connectivity index (χ0v) is 15.3. The lowest BCUT2D eigenvalue weighted by atomic mass is 9.62. The van der Waals surface area contributed by atoms with Crippen molar-refractivity contribution in [2.24, 2.45) is 35.5 Å². The molecule has 6 heteroatoms. The molecule has 0 heterocycles. The molecule has 2 bridgehead atoms. The molecule has 2 fully saturated rings. The second-order valence-corrected chi connectivity index (χ2v) is 7.44. The van der Waals surface area contributed by atoms with Gasteiger partial charge in [0, 0.05) is 5.56 Å². The molecule has 0 unspecified atom stereocenters. The van der Waals surface area contributed by atoms with Gasteiger partial charge >= 0.3 is 11.9 Å². The summed E-state index contributed by atoms with van der Waals surface area (Å²) >= 11 is 0. The maximum Gasteiger partial charge on any atom is 0.310 e. The van der Waals surface area contributed by atoms with Gasteiger partial charge in [-0.2, -0.15) is 0 Å². The van der Waals surface area contributed by atoms with Crippen LogP contribution in [0.2, 0.25) is 0 Å². The fourth-order valence-corrected chi connectivity index (χ4v) is 4.75. The van der Waals surface area contributed by atoms with E-state index >= 15 is 0 Å². The highest BCUT2D eigenvalue weighted by Gasteiger charge is 2.63. The molecule has 27 heavy (non-hydrogen) atoms. The molecule has 0 N–H and O–H groups in total. The van der Waals surface area contributed by atoms with E-state index in [1.165, 1.54) is 7.11 Å². The van der Waals surface area contributed by atoms with Crippen LogP contribution in [0.3, 0.4) is 0 Å². The molecule has 4 aliphatic carbocycles. The lowest BCUT2D eigenvalue weighted by Crippen LogP contribution is -2.47. The van der Waals surface area contributed by atoms with Crippen LogP contribution in [-0.2, 0) is 19.1 Å². The maximum atomic E-state index is 12.8. The standard InChI is InChI=1S/C21H22O6/c1-25-12-5-3-11(4-6-12)17(22)10-27-21(24)19-14-8-7-13(15-9-16(14)15)18(19)20(23)26-2/h3-8,13-16,18-19H,9-10H2,1-2H3/t13-,14-,15+,16-,18-,19-/m0/s1. The number of carbonyl (C=O) groups excluding carboxylic acids is 3. The average molecular weight is 370 g/mol. The molecule has 2 saturated carbocycles. The Labute approximate surface area is 157 Å². The number of methoxy groups -OCH3 is 2. The summed E-state index contributed by atoms with van der Waals surface area (Å²) in [6, 6.07) is 6.62. The predicted molar refractivity (Wildman–Crippen MR) is 95.0 cm³/mol. The number of esters is 2. The fourth-order valence-electron chi connectivity index (χ4n) is 4.75. The first-order chi connectivity index (χ1) is 13.0. The van der Waals surface area contributed by atoms with Crippen molar-refractivity contribution in [2.75, 3.05) is 20.8 Å². The third-order valence-corrected chi connectivity index (χ3v) is 6.15. The predicted octanol–water partition coefficient (Wildman–Crippen LogP) is 2.28. The van der Waals surface area contributed by atoms with Gasteiger partial charge in [0.15, 0.2) is 12.4 Å². The summed E-state index contributed by atoms with van der Waals surface area (Å²) < 4.78 is 15.4. The molecule has 0 saturated heterocycles.